The van der Waals surface area contributed by atoms with Crippen LogP contribution in [0.4, 0.5) is 4.79 Å². The van der Waals surface area contributed by atoms with Gasteiger partial charge in [0, 0.05) is 13.6 Å². The van der Waals surface area contributed by atoms with Gasteiger partial charge in [0.05, 0.1) is 12.6 Å². The minimum absolute atomic E-state index is 0.0217. The summed E-state index contributed by atoms with van der Waals surface area (Å²) < 4.78 is 0. The van der Waals surface area contributed by atoms with Gasteiger partial charge in [-0.1, -0.05) is 38.1 Å². The van der Waals surface area contributed by atoms with Crippen molar-refractivity contribution in [3.05, 3.63) is 35.4 Å². The number of hydrogen-bond donors (Lipinski definition) is 2. The van der Waals surface area contributed by atoms with Gasteiger partial charge >= 0.3 is 6.03 Å². The number of hydrogen-bond acceptors (Lipinski definition) is 2. The van der Waals surface area contributed by atoms with Crippen LogP contribution in [-0.2, 0) is 6.42 Å². The zero-order valence-corrected chi connectivity index (χ0v) is 13.6. The fourth-order valence-corrected chi connectivity index (χ4v) is 2.00. The van der Waals surface area contributed by atoms with Crippen molar-refractivity contribution in [2.24, 2.45) is 0 Å². The Morgan fingerprint density at radius 1 is 1.24 bits per heavy atom. The number of rotatable bonds is 7. The van der Waals surface area contributed by atoms with Crippen molar-refractivity contribution in [2.75, 3.05) is 20.2 Å². The van der Waals surface area contributed by atoms with E-state index in [0.717, 1.165) is 12.8 Å². The molecule has 2 N–H and O–H groups in total. The van der Waals surface area contributed by atoms with E-state index >= 15 is 0 Å². The third-order valence-electron chi connectivity index (χ3n) is 3.81. The molecule has 2 amide bonds. The van der Waals surface area contributed by atoms with Gasteiger partial charge in [0.2, 0.25) is 0 Å². The van der Waals surface area contributed by atoms with Crippen LogP contribution in [-0.4, -0.2) is 42.3 Å². The van der Waals surface area contributed by atoms with Crippen molar-refractivity contribution in [2.45, 2.75) is 45.6 Å². The van der Waals surface area contributed by atoms with Crippen LogP contribution in [0, 0.1) is 0 Å². The summed E-state index contributed by atoms with van der Waals surface area (Å²) in [5, 5.41) is 11.9. The van der Waals surface area contributed by atoms with Crippen LogP contribution >= 0.6 is 0 Å². The van der Waals surface area contributed by atoms with Crippen molar-refractivity contribution in [3.63, 3.8) is 0 Å². The molecule has 0 saturated carbocycles. The molecule has 0 aliphatic carbocycles. The molecule has 0 bridgehead atoms. The molecule has 0 radical (unpaired) electrons. The van der Waals surface area contributed by atoms with Crippen LogP contribution < -0.4 is 5.32 Å². The maximum Gasteiger partial charge on any atom is 0.317 e. The molecule has 1 aromatic rings. The molecule has 0 aliphatic heterocycles. The first-order valence-electron chi connectivity index (χ1n) is 7.66. The van der Waals surface area contributed by atoms with Gasteiger partial charge < -0.3 is 15.3 Å². The predicted octanol–water partition coefficient (Wildman–Crippen LogP) is 2.76. The molecule has 0 aliphatic rings. The Hall–Kier alpha value is -1.55. The van der Waals surface area contributed by atoms with E-state index in [1.807, 2.05) is 6.92 Å². The standard InChI is InChI=1S/C17H28N2O2/c1-13(2)16-9-7-15(8-10-16)6-5-11-18-17(21)19(4)14(3)12-20/h7-10,13-14,20H,5-6,11-12H2,1-4H3,(H,18,21). The molecule has 0 aromatic heterocycles. The highest BCUT2D eigenvalue weighted by Gasteiger charge is 2.13. The predicted molar refractivity (Wildman–Crippen MR) is 86.6 cm³/mol. The number of aryl methyl sites for hydroxylation is 1. The minimum atomic E-state index is -0.159. The van der Waals surface area contributed by atoms with E-state index in [2.05, 4.69) is 43.4 Å². The zero-order chi connectivity index (χ0) is 15.8. The number of benzene rings is 1. The van der Waals surface area contributed by atoms with E-state index in [4.69, 9.17) is 5.11 Å². The van der Waals surface area contributed by atoms with Crippen molar-refractivity contribution in [1.29, 1.82) is 0 Å². The molecule has 0 spiro atoms. The van der Waals surface area contributed by atoms with Crippen molar-refractivity contribution < 1.29 is 9.90 Å². The van der Waals surface area contributed by atoms with Gasteiger partial charge in [-0.25, -0.2) is 4.79 Å². The summed E-state index contributed by atoms with van der Waals surface area (Å²) in [4.78, 5) is 13.3. The van der Waals surface area contributed by atoms with Gasteiger partial charge in [-0.15, -0.1) is 0 Å². The Labute approximate surface area is 128 Å². The lowest BCUT2D eigenvalue weighted by Gasteiger charge is -2.23. The molecular weight excluding hydrogens is 264 g/mol. The van der Waals surface area contributed by atoms with E-state index in [-0.39, 0.29) is 18.7 Å². The molecule has 4 heteroatoms. The maximum absolute atomic E-state index is 11.8. The first kappa shape index (κ1) is 17.5. The molecule has 21 heavy (non-hydrogen) atoms. The number of nitrogens with one attached hydrogen (secondary N) is 1. The summed E-state index contributed by atoms with van der Waals surface area (Å²) in [6.07, 6.45) is 1.87. The SMILES string of the molecule is CC(C)c1ccc(CCCNC(=O)N(C)C(C)CO)cc1. The van der Waals surface area contributed by atoms with Crippen LogP contribution in [0.1, 0.15) is 44.2 Å². The van der Waals surface area contributed by atoms with Crippen LogP contribution in [0.2, 0.25) is 0 Å². The molecule has 1 atom stereocenters. The van der Waals surface area contributed by atoms with Crippen LogP contribution in [0.3, 0.4) is 0 Å². The first-order valence-corrected chi connectivity index (χ1v) is 7.66. The Kier molecular flexibility index (Phi) is 7.23. The number of urea groups is 1. The summed E-state index contributed by atoms with van der Waals surface area (Å²) in [5.41, 5.74) is 2.65. The molecule has 0 heterocycles. The van der Waals surface area contributed by atoms with Gasteiger partial charge in [-0.2, -0.15) is 0 Å². The topological polar surface area (TPSA) is 52.6 Å². The van der Waals surface area contributed by atoms with Gasteiger partial charge in [-0.05, 0) is 36.8 Å². The largest absolute Gasteiger partial charge is 0.394 e. The average molecular weight is 292 g/mol. The molecule has 0 saturated heterocycles. The second-order valence-electron chi connectivity index (χ2n) is 5.87. The number of aliphatic hydroxyl groups excluding tert-OH is 1. The van der Waals surface area contributed by atoms with Crippen LogP contribution in [0.15, 0.2) is 24.3 Å². The summed E-state index contributed by atoms with van der Waals surface area (Å²) >= 11 is 0. The monoisotopic (exact) mass is 292 g/mol. The number of likely N-dealkylation sites (N-methyl/N-ethyl adjacent to an activating group) is 1. The molecule has 0 fully saturated rings. The number of nitrogens with zero attached hydrogens (tertiary/aromatic N) is 1. The van der Waals surface area contributed by atoms with Crippen molar-refractivity contribution >= 4 is 6.03 Å². The van der Waals surface area contributed by atoms with Crippen molar-refractivity contribution in [1.82, 2.24) is 10.2 Å². The number of aliphatic hydroxyl groups is 1. The van der Waals surface area contributed by atoms with E-state index in [1.165, 1.54) is 16.0 Å². The molecule has 118 valence electrons. The lowest BCUT2D eigenvalue weighted by molar-refractivity contribution is 0.157. The van der Waals surface area contributed by atoms with Crippen molar-refractivity contribution in [3.8, 4) is 0 Å². The lowest BCUT2D eigenvalue weighted by Crippen LogP contribution is -2.44. The van der Waals surface area contributed by atoms with E-state index in [9.17, 15) is 4.79 Å². The van der Waals surface area contributed by atoms with Gasteiger partial charge in [-0.3, -0.25) is 0 Å². The Morgan fingerprint density at radius 2 is 1.86 bits per heavy atom. The van der Waals surface area contributed by atoms with Gasteiger partial charge in [0.25, 0.3) is 0 Å². The number of carbonyl (C=O) groups excluding carboxylic acids is 1. The van der Waals surface area contributed by atoms with E-state index in [1.54, 1.807) is 7.05 Å². The fraction of sp³-hybridized carbons (Fsp3) is 0.588. The molecular formula is C17H28N2O2. The quantitative estimate of drug-likeness (QED) is 0.759. The van der Waals surface area contributed by atoms with Gasteiger partial charge in [0.1, 0.15) is 0 Å². The Bertz CT molecular complexity index is 429. The third-order valence-corrected chi connectivity index (χ3v) is 3.81. The normalized spacial score (nSPS) is 12.3. The number of amides is 2. The smallest absolute Gasteiger partial charge is 0.317 e. The lowest BCUT2D eigenvalue weighted by atomic mass is 10.0. The molecule has 4 nitrogen and oxygen atoms in total. The fourth-order valence-electron chi connectivity index (χ4n) is 2.00. The Morgan fingerprint density at radius 3 is 2.38 bits per heavy atom. The summed E-state index contributed by atoms with van der Waals surface area (Å²) in [7, 11) is 1.70. The van der Waals surface area contributed by atoms with Gasteiger partial charge in [0.15, 0.2) is 0 Å². The summed E-state index contributed by atoms with van der Waals surface area (Å²) in [6, 6.07) is 8.39. The summed E-state index contributed by atoms with van der Waals surface area (Å²) in [5.74, 6) is 0.558. The minimum Gasteiger partial charge on any atom is -0.394 e. The molecule has 1 rings (SSSR count). The van der Waals surface area contributed by atoms with E-state index in [0.29, 0.717) is 12.5 Å². The number of carbonyl (C=O) groups is 1. The molecule has 1 unspecified atom stereocenters. The third kappa shape index (κ3) is 5.76. The average Bonchev–Trinajstić information content (AvgIpc) is 2.50. The zero-order valence-electron chi connectivity index (χ0n) is 13.6. The first-order chi connectivity index (χ1) is 9.95. The van der Waals surface area contributed by atoms with E-state index < -0.39 is 0 Å². The highest BCUT2D eigenvalue weighted by Crippen LogP contribution is 2.15. The molecule has 1 aromatic carbocycles. The highest BCUT2D eigenvalue weighted by atomic mass is 16.3. The second-order valence-corrected chi connectivity index (χ2v) is 5.87. The second kappa shape index (κ2) is 8.67. The Balaban J connectivity index is 2.29. The maximum atomic E-state index is 11.8. The van der Waals surface area contributed by atoms with Crippen LogP contribution in [0.25, 0.3) is 0 Å². The van der Waals surface area contributed by atoms with Crippen LogP contribution in [0.5, 0.6) is 0 Å². The highest BCUT2D eigenvalue weighted by molar-refractivity contribution is 5.74. The summed E-state index contributed by atoms with van der Waals surface area (Å²) in [6.45, 7) is 6.82.